The molecule has 0 N–H and O–H groups in total. The van der Waals surface area contributed by atoms with Gasteiger partial charge in [-0.15, -0.1) is 0 Å². The van der Waals surface area contributed by atoms with Crippen LogP contribution < -0.4 is 5.01 Å². The van der Waals surface area contributed by atoms with Crippen molar-refractivity contribution in [2.75, 3.05) is 19.1 Å². The zero-order chi connectivity index (χ0) is 8.43. The van der Waals surface area contributed by atoms with Crippen molar-refractivity contribution in [3.05, 3.63) is 23.5 Å². The minimum atomic E-state index is 1.09. The fourth-order valence-electron chi connectivity index (χ4n) is 1.36. The summed E-state index contributed by atoms with van der Waals surface area (Å²) < 4.78 is 2.18. The van der Waals surface area contributed by atoms with E-state index in [1.165, 1.54) is 11.3 Å². The predicted octanol–water partition coefficient (Wildman–Crippen LogP) is 1.56. The third-order valence-corrected chi connectivity index (χ3v) is 1.96. The highest BCUT2D eigenvalue weighted by Gasteiger charge is 2.03. The molecule has 0 bridgehead atoms. The van der Waals surface area contributed by atoms with Gasteiger partial charge in [-0.05, 0) is 25.0 Å². The third-order valence-electron chi connectivity index (χ3n) is 1.96. The zero-order valence-electron chi connectivity index (χ0n) is 7.76. The number of rotatable bonds is 2. The highest BCUT2D eigenvalue weighted by molar-refractivity contribution is 5.21. The molecule has 0 saturated heterocycles. The lowest BCUT2D eigenvalue weighted by Crippen LogP contribution is -2.25. The van der Waals surface area contributed by atoms with Crippen LogP contribution in [-0.2, 0) is 6.42 Å². The summed E-state index contributed by atoms with van der Waals surface area (Å²) in [7, 11) is 4.11. The first-order valence-corrected chi connectivity index (χ1v) is 4.01. The van der Waals surface area contributed by atoms with E-state index in [4.69, 9.17) is 0 Å². The normalized spacial score (nSPS) is 10.2. The fraction of sp³-hybridized carbons (Fsp3) is 0.556. The summed E-state index contributed by atoms with van der Waals surface area (Å²) in [6.07, 6.45) is 3.20. The zero-order valence-corrected chi connectivity index (χ0v) is 7.76. The first kappa shape index (κ1) is 8.18. The first-order valence-electron chi connectivity index (χ1n) is 4.01. The van der Waals surface area contributed by atoms with Crippen molar-refractivity contribution < 1.29 is 0 Å². The van der Waals surface area contributed by atoms with Gasteiger partial charge in [0.2, 0.25) is 0 Å². The van der Waals surface area contributed by atoms with Crippen LogP contribution in [-0.4, -0.2) is 18.8 Å². The average molecular weight is 152 g/mol. The molecular formula is C9H16N2. The smallest absolute Gasteiger partial charge is 0.0422 e. The Labute approximate surface area is 68.4 Å². The third kappa shape index (κ3) is 1.39. The Morgan fingerprint density at radius 1 is 1.45 bits per heavy atom. The average Bonchev–Trinajstić information content (AvgIpc) is 2.30. The van der Waals surface area contributed by atoms with Gasteiger partial charge in [0.1, 0.15) is 0 Å². The van der Waals surface area contributed by atoms with Crippen LogP contribution in [0.2, 0.25) is 0 Å². The van der Waals surface area contributed by atoms with Crippen molar-refractivity contribution in [1.82, 2.24) is 4.68 Å². The topological polar surface area (TPSA) is 8.17 Å². The molecule has 0 fully saturated rings. The van der Waals surface area contributed by atoms with Crippen molar-refractivity contribution >= 4 is 0 Å². The molecule has 0 amide bonds. The standard InChI is InChI=1S/C9H16N2/c1-5-9-8(2)6-7-11(9)10(3)4/h6-7H,5H2,1-4H3. The Balaban J connectivity index is 3.05. The van der Waals surface area contributed by atoms with E-state index < -0.39 is 0 Å². The molecule has 1 aromatic rings. The SMILES string of the molecule is CCc1c(C)ccn1N(C)C. The van der Waals surface area contributed by atoms with Gasteiger partial charge in [-0.3, -0.25) is 4.68 Å². The molecule has 0 aliphatic heterocycles. The second-order valence-corrected chi connectivity index (χ2v) is 2.99. The molecule has 0 aliphatic rings. The number of hydrogen-bond acceptors (Lipinski definition) is 1. The van der Waals surface area contributed by atoms with Crippen LogP contribution in [0.3, 0.4) is 0 Å². The quantitative estimate of drug-likeness (QED) is 0.624. The molecule has 0 aromatic carbocycles. The molecule has 0 saturated carbocycles. The Morgan fingerprint density at radius 3 is 2.45 bits per heavy atom. The van der Waals surface area contributed by atoms with E-state index in [1.54, 1.807) is 0 Å². The summed E-state index contributed by atoms with van der Waals surface area (Å²) in [5.74, 6) is 0. The van der Waals surface area contributed by atoms with E-state index in [0.29, 0.717) is 0 Å². The molecule has 0 aliphatic carbocycles. The predicted molar refractivity (Wildman–Crippen MR) is 48.6 cm³/mol. The molecule has 2 nitrogen and oxygen atoms in total. The van der Waals surface area contributed by atoms with E-state index in [9.17, 15) is 0 Å². The molecule has 62 valence electrons. The van der Waals surface area contributed by atoms with Crippen molar-refractivity contribution in [2.24, 2.45) is 0 Å². The van der Waals surface area contributed by atoms with E-state index >= 15 is 0 Å². The van der Waals surface area contributed by atoms with Crippen LogP contribution in [0.1, 0.15) is 18.2 Å². The van der Waals surface area contributed by atoms with Crippen molar-refractivity contribution in [2.45, 2.75) is 20.3 Å². The van der Waals surface area contributed by atoms with Crippen molar-refractivity contribution in [1.29, 1.82) is 0 Å². The van der Waals surface area contributed by atoms with Gasteiger partial charge < -0.3 is 5.01 Å². The van der Waals surface area contributed by atoms with Crippen LogP contribution in [0.25, 0.3) is 0 Å². The minimum Gasteiger partial charge on any atom is -0.319 e. The Kier molecular flexibility index (Phi) is 2.22. The van der Waals surface area contributed by atoms with Crippen molar-refractivity contribution in [3.8, 4) is 0 Å². The summed E-state index contributed by atoms with van der Waals surface area (Å²) in [6, 6.07) is 2.15. The van der Waals surface area contributed by atoms with E-state index in [-0.39, 0.29) is 0 Å². The van der Waals surface area contributed by atoms with E-state index in [1.807, 2.05) is 0 Å². The molecule has 0 spiro atoms. The van der Waals surface area contributed by atoms with Crippen molar-refractivity contribution in [3.63, 3.8) is 0 Å². The van der Waals surface area contributed by atoms with E-state index in [0.717, 1.165) is 6.42 Å². The van der Waals surface area contributed by atoms with Gasteiger partial charge in [0, 0.05) is 26.0 Å². The molecular weight excluding hydrogens is 136 g/mol. The van der Waals surface area contributed by atoms with E-state index in [2.05, 4.69) is 49.9 Å². The maximum absolute atomic E-state index is 2.18. The minimum absolute atomic E-state index is 1.09. The Hall–Kier alpha value is -0.920. The number of hydrogen-bond donors (Lipinski definition) is 0. The largest absolute Gasteiger partial charge is 0.319 e. The summed E-state index contributed by atoms with van der Waals surface area (Å²) in [4.78, 5) is 0. The molecule has 0 atom stereocenters. The van der Waals surface area contributed by atoms with Crippen LogP contribution in [0.5, 0.6) is 0 Å². The highest BCUT2D eigenvalue weighted by Crippen LogP contribution is 2.09. The summed E-state index contributed by atoms with van der Waals surface area (Å²) in [5, 5.41) is 2.09. The van der Waals surface area contributed by atoms with Crippen LogP contribution >= 0.6 is 0 Å². The Bertz CT molecular complexity index is 236. The first-order chi connectivity index (χ1) is 5.16. The number of aryl methyl sites for hydroxylation is 1. The second-order valence-electron chi connectivity index (χ2n) is 2.99. The summed E-state index contributed by atoms with van der Waals surface area (Å²) in [6.45, 7) is 4.33. The van der Waals surface area contributed by atoms with Gasteiger partial charge in [0.05, 0.1) is 0 Å². The van der Waals surface area contributed by atoms with Gasteiger partial charge in [-0.2, -0.15) is 0 Å². The lowest BCUT2D eigenvalue weighted by Gasteiger charge is -2.17. The Morgan fingerprint density at radius 2 is 2.09 bits per heavy atom. The lowest BCUT2D eigenvalue weighted by atomic mass is 10.2. The van der Waals surface area contributed by atoms with Gasteiger partial charge in [0.25, 0.3) is 0 Å². The van der Waals surface area contributed by atoms with Gasteiger partial charge >= 0.3 is 0 Å². The number of nitrogens with zero attached hydrogens (tertiary/aromatic N) is 2. The van der Waals surface area contributed by atoms with Gasteiger partial charge in [-0.25, -0.2) is 0 Å². The molecule has 1 rings (SSSR count). The lowest BCUT2D eigenvalue weighted by molar-refractivity contribution is 0.693. The highest BCUT2D eigenvalue weighted by atomic mass is 15.5. The maximum Gasteiger partial charge on any atom is 0.0422 e. The number of aromatic nitrogens is 1. The monoisotopic (exact) mass is 152 g/mol. The molecule has 0 radical (unpaired) electrons. The molecule has 1 heterocycles. The van der Waals surface area contributed by atoms with Crippen LogP contribution in [0.4, 0.5) is 0 Å². The van der Waals surface area contributed by atoms with Gasteiger partial charge in [0.15, 0.2) is 0 Å². The molecule has 0 unspecified atom stereocenters. The molecule has 11 heavy (non-hydrogen) atoms. The van der Waals surface area contributed by atoms with Gasteiger partial charge in [-0.1, -0.05) is 6.92 Å². The fourth-order valence-corrected chi connectivity index (χ4v) is 1.36. The van der Waals surface area contributed by atoms with Crippen LogP contribution in [0, 0.1) is 6.92 Å². The summed E-state index contributed by atoms with van der Waals surface area (Å²) in [5.41, 5.74) is 2.77. The van der Waals surface area contributed by atoms with Crippen LogP contribution in [0.15, 0.2) is 12.3 Å². The molecule has 1 aromatic heterocycles. The maximum atomic E-state index is 2.18. The second kappa shape index (κ2) is 2.99. The summed E-state index contributed by atoms with van der Waals surface area (Å²) >= 11 is 0. The molecule has 2 heteroatoms.